The van der Waals surface area contributed by atoms with E-state index in [-0.39, 0.29) is 89.4 Å². The maximum atomic E-state index is 13.0. The first-order chi connectivity index (χ1) is 29.6. The molecular formula is C48H72N2O13. The Hall–Kier alpha value is -2.99. The van der Waals surface area contributed by atoms with Gasteiger partial charge in [0.1, 0.15) is 23.4 Å². The van der Waals surface area contributed by atoms with E-state index in [0.717, 1.165) is 11.1 Å². The van der Waals surface area contributed by atoms with E-state index in [1.165, 1.54) is 21.1 Å². The highest BCUT2D eigenvalue weighted by molar-refractivity contribution is 5.76. The molecule has 4 heterocycles. The molecule has 2 saturated heterocycles. The first-order valence-corrected chi connectivity index (χ1v) is 23.0. The van der Waals surface area contributed by atoms with Gasteiger partial charge in [0.25, 0.3) is 0 Å². The van der Waals surface area contributed by atoms with Crippen molar-refractivity contribution in [2.45, 2.75) is 159 Å². The molecule has 15 heteroatoms. The number of nitrogens with two attached hydrogens (primary N) is 1. The molecule has 8 bridgehead atoms. The fourth-order valence-electron chi connectivity index (χ4n) is 13.2. The van der Waals surface area contributed by atoms with E-state index < -0.39 is 72.0 Å². The summed E-state index contributed by atoms with van der Waals surface area (Å²) in [5, 5.41) is 46.4. The summed E-state index contributed by atoms with van der Waals surface area (Å²) in [4.78, 5) is 37.8. The Morgan fingerprint density at radius 1 is 0.746 bits per heavy atom. The molecule has 2 spiro atoms. The predicted octanol–water partition coefficient (Wildman–Crippen LogP) is 2.53. The molecular weight excluding hydrogens is 813 g/mol. The van der Waals surface area contributed by atoms with Crippen LogP contribution in [-0.2, 0) is 42.8 Å². The summed E-state index contributed by atoms with van der Waals surface area (Å²) in [6.07, 6.45) is 6.54. The highest BCUT2D eigenvalue weighted by Gasteiger charge is 2.69. The van der Waals surface area contributed by atoms with Crippen LogP contribution in [0, 0.1) is 59.2 Å². The Kier molecular flexibility index (Phi) is 13.7. The maximum Gasteiger partial charge on any atom is 0.335 e. The van der Waals surface area contributed by atoms with Crippen molar-refractivity contribution in [3.8, 4) is 0 Å². The Labute approximate surface area is 371 Å². The lowest BCUT2D eigenvalue weighted by Crippen LogP contribution is -2.59. The lowest BCUT2D eigenvalue weighted by atomic mass is 9.57. The third-order valence-corrected chi connectivity index (χ3v) is 16.3. The Morgan fingerprint density at radius 2 is 1.16 bits per heavy atom. The molecule has 352 valence electrons. The number of hydrogen-bond donors (Lipinski definition) is 6. The van der Waals surface area contributed by atoms with Gasteiger partial charge in [-0.15, -0.1) is 0 Å². The van der Waals surface area contributed by atoms with E-state index in [0.29, 0.717) is 12.8 Å². The van der Waals surface area contributed by atoms with E-state index in [2.05, 4.69) is 29.6 Å². The number of amides is 1. The number of methoxy groups -OCH3 is 2. The van der Waals surface area contributed by atoms with E-state index in [4.69, 9.17) is 34.2 Å². The zero-order valence-corrected chi connectivity index (χ0v) is 38.6. The van der Waals surface area contributed by atoms with Gasteiger partial charge in [0, 0.05) is 86.4 Å². The molecule has 0 aromatic rings. The van der Waals surface area contributed by atoms with Gasteiger partial charge in [0.2, 0.25) is 5.91 Å². The van der Waals surface area contributed by atoms with Crippen molar-refractivity contribution >= 4 is 17.8 Å². The van der Waals surface area contributed by atoms with Crippen LogP contribution in [0.2, 0.25) is 0 Å². The average Bonchev–Trinajstić information content (AvgIpc) is 3.56. The van der Waals surface area contributed by atoms with Gasteiger partial charge in [-0.2, -0.15) is 0 Å². The zero-order valence-electron chi connectivity index (χ0n) is 38.6. The first kappa shape index (κ1) is 48.0. The third kappa shape index (κ3) is 7.78. The summed E-state index contributed by atoms with van der Waals surface area (Å²) < 4.78 is 36.1. The number of aliphatic hydroxyl groups excluding tert-OH is 4. The third-order valence-electron chi connectivity index (χ3n) is 16.3. The van der Waals surface area contributed by atoms with Crippen LogP contribution in [0.3, 0.4) is 0 Å². The molecule has 0 aromatic heterocycles. The smallest absolute Gasteiger partial charge is 0.335 e. The summed E-state index contributed by atoms with van der Waals surface area (Å²) >= 11 is 0. The molecule has 8 rings (SSSR count). The number of rotatable bonds is 5. The molecule has 24 atom stereocenters. The number of hydrogen-bond acceptors (Lipinski definition) is 14. The molecule has 1 amide bonds. The normalized spacial score (nSPS) is 51.2. The van der Waals surface area contributed by atoms with Crippen molar-refractivity contribution in [1.29, 1.82) is 0 Å². The largest absolute Gasteiger partial charge is 0.457 e. The number of ether oxygens (including phenoxy) is 6. The van der Waals surface area contributed by atoms with Crippen LogP contribution < -0.4 is 11.1 Å². The Bertz CT molecular complexity index is 1870. The molecule has 63 heavy (non-hydrogen) atoms. The van der Waals surface area contributed by atoms with E-state index >= 15 is 0 Å². The van der Waals surface area contributed by atoms with Crippen molar-refractivity contribution in [3.63, 3.8) is 0 Å². The minimum Gasteiger partial charge on any atom is -0.457 e. The van der Waals surface area contributed by atoms with Crippen LogP contribution in [0.4, 0.5) is 0 Å². The zero-order chi connectivity index (χ0) is 46.2. The van der Waals surface area contributed by atoms with Crippen molar-refractivity contribution in [1.82, 2.24) is 5.32 Å². The second-order valence-electron chi connectivity index (χ2n) is 20.1. The van der Waals surface area contributed by atoms with E-state index in [9.17, 15) is 34.8 Å². The monoisotopic (exact) mass is 885 g/mol. The number of carbonyl (C=O) groups excluding carboxylic acids is 3. The molecule has 4 aliphatic heterocycles. The van der Waals surface area contributed by atoms with Gasteiger partial charge in [-0.1, -0.05) is 64.2 Å². The molecule has 2 saturated carbocycles. The molecule has 0 unspecified atom stereocenters. The SMILES string of the molecule is CO[C@H]1C[C@H]2C=C[C@H]3[C@H]4O[C@]2(/C(C)=C/[C@@H](C)[C@@H]([C@@H](C)O)OC1=O)[C@@H]3[C@H](O)[C@@H](C)[C@@H]4N.CO[C@H]1C[C@H]2C=C[C@H]3[C@H]4O[C@]2(/C(C)=C/[C@@H](C)[C@@H]([C@@H](C)O)OC1=O)[C@@H]3[C@H](O)[C@@H](C)[C@@H]4NC(C)=O. The predicted molar refractivity (Wildman–Crippen MR) is 230 cm³/mol. The topological polar surface area (TPSA) is 226 Å². The fraction of sp³-hybridized carbons (Fsp3) is 0.771. The fourth-order valence-corrected chi connectivity index (χ4v) is 13.2. The molecule has 0 radical (unpaired) electrons. The summed E-state index contributed by atoms with van der Waals surface area (Å²) in [5.41, 5.74) is 6.80. The van der Waals surface area contributed by atoms with Crippen LogP contribution in [0.1, 0.15) is 75.2 Å². The number of cyclic esters (lactones) is 2. The quantitative estimate of drug-likeness (QED) is 0.173. The second kappa shape index (κ2) is 18.0. The van der Waals surface area contributed by atoms with Gasteiger partial charge in [-0.05, 0) is 51.7 Å². The molecule has 7 N–H and O–H groups in total. The standard InChI is InChI=1S/C25H37NO7.C23H35NO6/c1-11-9-12(2)25-16(10-18(31-6)24(30)32-22(11)14(4)27)7-8-17-19(25)21(29)13(3)20(23(17)33-25)26-15(5)28;1-10-8-11(2)23-14(9-16(28-5)22(27)29-20(10)13(4)25)6-7-15-17(23)19(26)12(3)18(24)21(15)30-23/h7-9,11,13-14,16-23,27,29H,10H2,1-6H3,(H,26,28);6-8,10,12-21,25-26H,9,24H2,1-5H3/b12-9+;11-8+/t11-,13+,14-,16-,17-,18+,19+,20+,21-,22+,23-,25+;10-,12+,13-,14-,15-,16+,17+,18+,19-,20+,21-,23+/m11/s1. The van der Waals surface area contributed by atoms with Gasteiger partial charge in [0.05, 0.1) is 42.7 Å². The van der Waals surface area contributed by atoms with E-state index in [1.54, 1.807) is 13.8 Å². The first-order valence-electron chi connectivity index (χ1n) is 23.0. The van der Waals surface area contributed by atoms with Crippen molar-refractivity contribution < 1.29 is 63.2 Å². The van der Waals surface area contributed by atoms with Crippen LogP contribution in [0.5, 0.6) is 0 Å². The van der Waals surface area contributed by atoms with Gasteiger partial charge >= 0.3 is 11.9 Å². The van der Waals surface area contributed by atoms with Crippen molar-refractivity contribution in [3.05, 3.63) is 47.6 Å². The maximum absolute atomic E-state index is 13.0. The van der Waals surface area contributed by atoms with Crippen LogP contribution in [0.25, 0.3) is 0 Å². The van der Waals surface area contributed by atoms with Gasteiger partial charge in [-0.25, -0.2) is 9.59 Å². The number of aliphatic hydroxyl groups is 4. The minimum atomic E-state index is -0.865. The average molecular weight is 885 g/mol. The van der Waals surface area contributed by atoms with Crippen LogP contribution in [-0.4, -0.2) is 137 Å². The van der Waals surface area contributed by atoms with Gasteiger partial charge in [-0.3, -0.25) is 4.79 Å². The number of esters is 2. The lowest BCUT2D eigenvalue weighted by molar-refractivity contribution is -0.172. The molecule has 15 nitrogen and oxygen atoms in total. The number of nitrogens with one attached hydrogen (secondary N) is 1. The minimum absolute atomic E-state index is 0.0320. The van der Waals surface area contributed by atoms with Gasteiger partial charge in [0.15, 0.2) is 12.2 Å². The summed E-state index contributed by atoms with van der Waals surface area (Å²) in [6.45, 7) is 16.5. The summed E-state index contributed by atoms with van der Waals surface area (Å²) in [5.74, 6) is -2.76. The molecule has 4 fully saturated rings. The lowest BCUT2D eigenvalue weighted by Gasteiger charge is -2.49. The summed E-state index contributed by atoms with van der Waals surface area (Å²) in [7, 11) is 2.96. The molecule has 0 aromatic carbocycles. The van der Waals surface area contributed by atoms with Gasteiger partial charge < -0.3 is 59.9 Å². The molecule has 4 aliphatic carbocycles. The summed E-state index contributed by atoms with van der Waals surface area (Å²) in [6, 6.07) is -0.589. The number of carbonyl (C=O) groups is 3. The van der Waals surface area contributed by atoms with Crippen molar-refractivity contribution in [2.75, 3.05) is 14.2 Å². The second-order valence-corrected chi connectivity index (χ2v) is 20.1. The Morgan fingerprint density at radius 3 is 1.57 bits per heavy atom. The van der Waals surface area contributed by atoms with Crippen LogP contribution in [0.15, 0.2) is 47.6 Å². The highest BCUT2D eigenvalue weighted by Crippen LogP contribution is 2.62. The van der Waals surface area contributed by atoms with E-state index in [1.807, 2.05) is 53.7 Å². The Balaban J connectivity index is 0.000000190. The highest BCUT2D eigenvalue weighted by atomic mass is 16.6. The molecule has 8 aliphatic rings. The van der Waals surface area contributed by atoms with Crippen molar-refractivity contribution in [2.24, 2.45) is 64.9 Å². The van der Waals surface area contributed by atoms with Crippen LogP contribution >= 0.6 is 0 Å².